The number of hydrogen-bond acceptors (Lipinski definition) is 6. The second-order valence-corrected chi connectivity index (χ2v) is 5.99. The van der Waals surface area contributed by atoms with Crippen LogP contribution >= 0.6 is 0 Å². The predicted octanol–water partition coefficient (Wildman–Crippen LogP) is 2.30. The number of hydrogen-bond donors (Lipinski definition) is 2. The van der Waals surface area contributed by atoms with Crippen LogP contribution in [0.1, 0.15) is 28.9 Å². The minimum Gasteiger partial charge on any atom is -0.492 e. The van der Waals surface area contributed by atoms with Crippen molar-refractivity contribution < 1.29 is 23.8 Å². The average Bonchev–Trinajstić information content (AvgIpc) is 3.28. The first-order valence-electron chi connectivity index (χ1n) is 8.02. The molecule has 0 amide bonds. The summed E-state index contributed by atoms with van der Waals surface area (Å²) in [4.78, 5) is 19.1. The molecule has 1 aromatic carbocycles. The zero-order valence-corrected chi connectivity index (χ0v) is 14.3. The van der Waals surface area contributed by atoms with Gasteiger partial charge in [-0.1, -0.05) is 6.07 Å². The fraction of sp³-hybridized carbons (Fsp3) is 0.118. The molecule has 0 aliphatic carbocycles. The molecule has 3 heterocycles. The highest BCUT2D eigenvalue weighted by Gasteiger charge is 2.21. The number of nitrogens with zero attached hydrogens (tertiary/aromatic N) is 6. The Bertz CT molecular complexity index is 1220. The Kier molecular flexibility index (Phi) is 3.99. The van der Waals surface area contributed by atoms with Crippen molar-refractivity contribution in [3.8, 4) is 11.8 Å². The molecule has 142 valence electrons. The van der Waals surface area contributed by atoms with Gasteiger partial charge in [-0.2, -0.15) is 15.2 Å². The Balaban J connectivity index is 1.79. The van der Waals surface area contributed by atoms with E-state index in [2.05, 4.69) is 20.2 Å². The Morgan fingerprint density at radius 1 is 1.18 bits per heavy atom. The Morgan fingerprint density at radius 3 is 2.64 bits per heavy atom. The molecule has 3 aromatic heterocycles. The summed E-state index contributed by atoms with van der Waals surface area (Å²) in [5.41, 5.74) is 0.488. The van der Waals surface area contributed by atoms with Gasteiger partial charge < -0.3 is 10.2 Å². The maximum Gasteiger partial charge on any atom is 0.338 e. The van der Waals surface area contributed by atoms with Gasteiger partial charge in [-0.05, 0) is 13.0 Å². The van der Waals surface area contributed by atoms with E-state index >= 15 is 0 Å². The third kappa shape index (κ3) is 2.82. The van der Waals surface area contributed by atoms with E-state index in [1.807, 2.05) is 0 Å². The third-order valence-corrected chi connectivity index (χ3v) is 4.23. The number of aromatic nitrogens is 6. The van der Waals surface area contributed by atoms with Gasteiger partial charge in [0.15, 0.2) is 0 Å². The van der Waals surface area contributed by atoms with Crippen LogP contribution in [-0.4, -0.2) is 45.7 Å². The lowest BCUT2D eigenvalue weighted by Gasteiger charge is -2.15. The fourth-order valence-corrected chi connectivity index (χ4v) is 2.84. The smallest absolute Gasteiger partial charge is 0.338 e. The quantitative estimate of drug-likeness (QED) is 0.552. The molecule has 0 fully saturated rings. The van der Waals surface area contributed by atoms with Crippen molar-refractivity contribution in [2.75, 3.05) is 0 Å². The molecular weight excluding hydrogens is 374 g/mol. The van der Waals surface area contributed by atoms with E-state index in [1.54, 1.807) is 6.92 Å². The first-order valence-corrected chi connectivity index (χ1v) is 8.02. The normalized spacial score (nSPS) is 12.4. The van der Waals surface area contributed by atoms with Crippen LogP contribution in [0.5, 0.6) is 5.88 Å². The van der Waals surface area contributed by atoms with Crippen molar-refractivity contribution in [3.05, 3.63) is 59.6 Å². The fourth-order valence-electron chi connectivity index (χ4n) is 2.84. The maximum atomic E-state index is 14.1. The largest absolute Gasteiger partial charge is 0.492 e. The molecule has 0 saturated carbocycles. The third-order valence-electron chi connectivity index (χ3n) is 4.23. The Labute approximate surface area is 155 Å². The van der Waals surface area contributed by atoms with E-state index in [0.717, 1.165) is 23.0 Å². The lowest BCUT2D eigenvalue weighted by Crippen LogP contribution is -2.11. The summed E-state index contributed by atoms with van der Waals surface area (Å²) in [7, 11) is 0. The summed E-state index contributed by atoms with van der Waals surface area (Å²) < 4.78 is 29.7. The predicted molar refractivity (Wildman–Crippen MR) is 91.2 cm³/mol. The molecule has 0 unspecified atom stereocenters. The summed E-state index contributed by atoms with van der Waals surface area (Å²) in [5, 5.41) is 27.3. The summed E-state index contributed by atoms with van der Waals surface area (Å²) in [6.07, 6.45) is 3.67. The number of aromatic carboxylic acids is 1. The second kappa shape index (κ2) is 6.37. The average molecular weight is 386 g/mol. The number of carboxylic acid groups (broad SMARTS) is 1. The number of rotatable bonds is 4. The lowest BCUT2D eigenvalue weighted by molar-refractivity contribution is 0.0697. The van der Waals surface area contributed by atoms with Crippen LogP contribution in [0.3, 0.4) is 0 Å². The summed E-state index contributed by atoms with van der Waals surface area (Å²) >= 11 is 0. The van der Waals surface area contributed by atoms with E-state index < -0.39 is 29.5 Å². The van der Waals surface area contributed by atoms with Gasteiger partial charge in [-0.25, -0.2) is 23.2 Å². The highest BCUT2D eigenvalue weighted by Crippen LogP contribution is 2.29. The lowest BCUT2D eigenvalue weighted by atomic mass is 10.1. The van der Waals surface area contributed by atoms with Gasteiger partial charge in [0, 0.05) is 17.8 Å². The van der Waals surface area contributed by atoms with E-state index in [0.29, 0.717) is 0 Å². The minimum absolute atomic E-state index is 0.0577. The molecule has 2 N–H and O–H groups in total. The second-order valence-electron chi connectivity index (χ2n) is 5.99. The van der Waals surface area contributed by atoms with Gasteiger partial charge in [0.1, 0.15) is 22.7 Å². The summed E-state index contributed by atoms with van der Waals surface area (Å²) in [6, 6.07) is 2.52. The van der Waals surface area contributed by atoms with Crippen LogP contribution in [0.15, 0.2) is 36.8 Å². The number of carboxylic acids is 1. The molecule has 4 rings (SSSR count). The Morgan fingerprint density at radius 2 is 1.96 bits per heavy atom. The maximum absolute atomic E-state index is 14.1. The van der Waals surface area contributed by atoms with Gasteiger partial charge >= 0.3 is 5.97 Å². The van der Waals surface area contributed by atoms with Gasteiger partial charge in [0.2, 0.25) is 5.88 Å². The van der Waals surface area contributed by atoms with Gasteiger partial charge in [-0.15, -0.1) is 0 Å². The molecule has 0 aliphatic rings. The van der Waals surface area contributed by atoms with Crippen LogP contribution in [0.4, 0.5) is 8.78 Å². The molecule has 9 nitrogen and oxygen atoms in total. The SMILES string of the molecule is C[C@@H](c1ccc(F)cc1F)n1ncc2nc(-n3cc(C(=O)O)cn3)nc(O)c21. The Hall–Kier alpha value is -3.89. The van der Waals surface area contributed by atoms with Crippen molar-refractivity contribution in [3.63, 3.8) is 0 Å². The first kappa shape index (κ1) is 17.5. The van der Waals surface area contributed by atoms with Crippen molar-refractivity contribution in [1.82, 2.24) is 29.5 Å². The van der Waals surface area contributed by atoms with E-state index in [-0.39, 0.29) is 28.1 Å². The van der Waals surface area contributed by atoms with Crippen LogP contribution < -0.4 is 0 Å². The topological polar surface area (TPSA) is 119 Å². The molecular formula is C17H12F2N6O3. The zero-order valence-electron chi connectivity index (χ0n) is 14.3. The minimum atomic E-state index is -1.17. The molecule has 28 heavy (non-hydrogen) atoms. The monoisotopic (exact) mass is 386 g/mol. The van der Waals surface area contributed by atoms with Crippen LogP contribution in [0.25, 0.3) is 17.0 Å². The van der Waals surface area contributed by atoms with Gasteiger partial charge in [0.25, 0.3) is 5.95 Å². The van der Waals surface area contributed by atoms with E-state index in [4.69, 9.17) is 5.11 Å². The van der Waals surface area contributed by atoms with E-state index in [9.17, 15) is 18.7 Å². The number of fused-ring (bicyclic) bond motifs is 1. The number of carbonyl (C=O) groups is 1. The zero-order chi connectivity index (χ0) is 20.0. The number of halogens is 2. The van der Waals surface area contributed by atoms with Crippen molar-refractivity contribution in [2.24, 2.45) is 0 Å². The first-order chi connectivity index (χ1) is 13.3. The van der Waals surface area contributed by atoms with Gasteiger partial charge in [-0.3, -0.25) is 4.68 Å². The molecule has 0 saturated heterocycles. The molecule has 0 aliphatic heterocycles. The molecule has 4 aromatic rings. The standard InChI is InChI=1S/C17H12F2N6O3/c1-8(11-3-2-10(18)4-12(11)19)25-14-13(6-21-25)22-17(23-15(14)26)24-7-9(5-20-24)16(27)28/h2-8H,1H3,(H,27,28)(H,22,23,26)/t8-/m0/s1. The molecule has 0 spiro atoms. The van der Waals surface area contributed by atoms with E-state index in [1.165, 1.54) is 23.1 Å². The summed E-state index contributed by atoms with van der Waals surface area (Å²) in [5.74, 6) is -3.11. The number of benzene rings is 1. The van der Waals surface area contributed by atoms with Crippen molar-refractivity contribution in [1.29, 1.82) is 0 Å². The van der Waals surface area contributed by atoms with Crippen molar-refractivity contribution >= 4 is 17.0 Å². The highest BCUT2D eigenvalue weighted by molar-refractivity contribution is 5.87. The summed E-state index contributed by atoms with van der Waals surface area (Å²) in [6.45, 7) is 1.63. The van der Waals surface area contributed by atoms with Crippen molar-refractivity contribution in [2.45, 2.75) is 13.0 Å². The van der Waals surface area contributed by atoms with Crippen LogP contribution in [0.2, 0.25) is 0 Å². The molecule has 11 heteroatoms. The van der Waals surface area contributed by atoms with Crippen LogP contribution in [-0.2, 0) is 0 Å². The van der Waals surface area contributed by atoms with Gasteiger partial charge in [0.05, 0.1) is 24.0 Å². The van der Waals surface area contributed by atoms with Crippen LogP contribution in [0, 0.1) is 11.6 Å². The highest BCUT2D eigenvalue weighted by atomic mass is 19.1. The molecule has 0 radical (unpaired) electrons. The molecule has 0 bridgehead atoms. The number of aromatic hydroxyl groups is 1. The molecule has 1 atom stereocenters.